The molecule has 11 heavy (non-hydrogen) atoms. The molecule has 1 nitrogen and oxygen atoms in total. The zero-order valence-electron chi connectivity index (χ0n) is 5.59. The molecule has 1 atom stereocenters. The Morgan fingerprint density at radius 3 is 2.27 bits per heavy atom. The molecule has 1 aromatic rings. The van der Waals surface area contributed by atoms with E-state index in [9.17, 15) is 0 Å². The first-order chi connectivity index (χ1) is 5.24. The van der Waals surface area contributed by atoms with E-state index in [1.54, 1.807) is 24.3 Å². The third kappa shape index (κ3) is 2.11. The molecular formula is C8H5Cl2N. The molecule has 0 heterocycles. The van der Waals surface area contributed by atoms with E-state index in [0.29, 0.717) is 5.02 Å². The predicted molar refractivity (Wildman–Crippen MR) is 45.7 cm³/mol. The maximum atomic E-state index is 8.44. The summed E-state index contributed by atoms with van der Waals surface area (Å²) in [4.78, 5) is 0. The van der Waals surface area contributed by atoms with Gasteiger partial charge in [-0.05, 0) is 17.7 Å². The third-order valence-electron chi connectivity index (χ3n) is 1.28. The van der Waals surface area contributed by atoms with Crippen molar-refractivity contribution < 1.29 is 0 Å². The molecule has 0 aliphatic carbocycles. The van der Waals surface area contributed by atoms with Gasteiger partial charge in [0, 0.05) is 5.02 Å². The van der Waals surface area contributed by atoms with E-state index in [0.717, 1.165) is 5.56 Å². The summed E-state index contributed by atoms with van der Waals surface area (Å²) in [6, 6.07) is 8.83. The number of hydrogen-bond donors (Lipinski definition) is 0. The minimum atomic E-state index is -0.577. The van der Waals surface area contributed by atoms with Crippen molar-refractivity contribution >= 4 is 23.2 Å². The van der Waals surface area contributed by atoms with E-state index in [1.807, 2.05) is 6.07 Å². The number of benzene rings is 1. The Labute approximate surface area is 75.2 Å². The van der Waals surface area contributed by atoms with E-state index in [4.69, 9.17) is 28.5 Å². The molecule has 0 aromatic heterocycles. The lowest BCUT2D eigenvalue weighted by Gasteiger charge is -1.98. The van der Waals surface area contributed by atoms with Gasteiger partial charge in [0.25, 0.3) is 0 Å². The van der Waals surface area contributed by atoms with Crippen LogP contribution in [0.4, 0.5) is 0 Å². The quantitative estimate of drug-likeness (QED) is 0.618. The summed E-state index contributed by atoms with van der Waals surface area (Å²) in [7, 11) is 0. The highest BCUT2D eigenvalue weighted by molar-refractivity contribution is 6.30. The summed E-state index contributed by atoms with van der Waals surface area (Å²) in [5.74, 6) is 0. The lowest BCUT2D eigenvalue weighted by atomic mass is 10.2. The Morgan fingerprint density at radius 2 is 1.82 bits per heavy atom. The van der Waals surface area contributed by atoms with Crippen molar-refractivity contribution in [2.24, 2.45) is 0 Å². The lowest BCUT2D eigenvalue weighted by Crippen LogP contribution is -1.83. The van der Waals surface area contributed by atoms with E-state index >= 15 is 0 Å². The highest BCUT2D eigenvalue weighted by atomic mass is 35.5. The molecule has 0 spiro atoms. The lowest BCUT2D eigenvalue weighted by molar-refractivity contribution is 1.21. The van der Waals surface area contributed by atoms with Gasteiger partial charge in [0.05, 0.1) is 6.07 Å². The molecule has 0 saturated heterocycles. The Kier molecular flexibility index (Phi) is 2.76. The van der Waals surface area contributed by atoms with Gasteiger partial charge in [-0.1, -0.05) is 23.7 Å². The Balaban J connectivity index is 2.92. The van der Waals surface area contributed by atoms with Crippen molar-refractivity contribution in [2.75, 3.05) is 0 Å². The maximum absolute atomic E-state index is 8.44. The van der Waals surface area contributed by atoms with Crippen molar-refractivity contribution in [2.45, 2.75) is 5.38 Å². The molecule has 0 radical (unpaired) electrons. The van der Waals surface area contributed by atoms with Crippen LogP contribution in [0.15, 0.2) is 24.3 Å². The Hall–Kier alpha value is -0.710. The number of alkyl halides is 1. The first-order valence-corrected chi connectivity index (χ1v) is 3.84. The van der Waals surface area contributed by atoms with Crippen LogP contribution < -0.4 is 0 Å². The van der Waals surface area contributed by atoms with E-state index in [1.165, 1.54) is 0 Å². The van der Waals surface area contributed by atoms with Gasteiger partial charge in [-0.15, -0.1) is 11.6 Å². The molecule has 0 aliphatic rings. The number of rotatable bonds is 1. The average Bonchev–Trinajstić information content (AvgIpc) is 2.05. The van der Waals surface area contributed by atoms with Crippen LogP contribution in [0.1, 0.15) is 10.9 Å². The third-order valence-corrected chi connectivity index (χ3v) is 1.88. The van der Waals surface area contributed by atoms with Gasteiger partial charge in [-0.2, -0.15) is 5.26 Å². The minimum absolute atomic E-state index is 0.577. The molecule has 1 rings (SSSR count). The van der Waals surface area contributed by atoms with Crippen LogP contribution in [0.25, 0.3) is 0 Å². The van der Waals surface area contributed by atoms with Crippen LogP contribution in [0.2, 0.25) is 5.02 Å². The van der Waals surface area contributed by atoms with E-state index in [-0.39, 0.29) is 0 Å². The normalized spacial score (nSPS) is 12.1. The SMILES string of the molecule is N#CC(Cl)c1ccc(Cl)cc1. The first kappa shape index (κ1) is 8.39. The van der Waals surface area contributed by atoms with Gasteiger partial charge in [0.1, 0.15) is 5.38 Å². The largest absolute Gasteiger partial charge is 0.196 e. The number of nitrogens with zero attached hydrogens (tertiary/aromatic N) is 1. The second kappa shape index (κ2) is 3.61. The summed E-state index contributed by atoms with van der Waals surface area (Å²) in [6.07, 6.45) is 0. The molecule has 0 amide bonds. The number of hydrogen-bond acceptors (Lipinski definition) is 1. The topological polar surface area (TPSA) is 23.8 Å². The van der Waals surface area contributed by atoms with Gasteiger partial charge >= 0.3 is 0 Å². The Bertz CT molecular complexity index is 273. The van der Waals surface area contributed by atoms with Gasteiger partial charge in [0.15, 0.2) is 0 Å². The van der Waals surface area contributed by atoms with Gasteiger partial charge in [0.2, 0.25) is 0 Å². The monoisotopic (exact) mass is 185 g/mol. The van der Waals surface area contributed by atoms with Crippen molar-refractivity contribution in [3.05, 3.63) is 34.9 Å². The second-order valence-corrected chi connectivity index (χ2v) is 2.92. The standard InChI is InChI=1S/C8H5Cl2N/c9-7-3-1-6(2-4-7)8(10)5-11/h1-4,8H. The summed E-state index contributed by atoms with van der Waals surface area (Å²) >= 11 is 11.3. The van der Waals surface area contributed by atoms with Crippen LogP contribution in [-0.4, -0.2) is 0 Å². The van der Waals surface area contributed by atoms with Crippen LogP contribution in [-0.2, 0) is 0 Å². The highest BCUT2D eigenvalue weighted by Crippen LogP contribution is 2.20. The molecule has 0 saturated carbocycles. The molecule has 0 fully saturated rings. The highest BCUT2D eigenvalue weighted by Gasteiger charge is 2.03. The van der Waals surface area contributed by atoms with Crippen LogP contribution >= 0.6 is 23.2 Å². The first-order valence-electron chi connectivity index (χ1n) is 3.03. The second-order valence-electron chi connectivity index (χ2n) is 2.04. The van der Waals surface area contributed by atoms with Gasteiger partial charge < -0.3 is 0 Å². The molecule has 1 unspecified atom stereocenters. The molecular weight excluding hydrogens is 181 g/mol. The van der Waals surface area contributed by atoms with Crippen LogP contribution in [0, 0.1) is 11.3 Å². The summed E-state index contributed by atoms with van der Waals surface area (Å²) in [5.41, 5.74) is 0.776. The fraction of sp³-hybridized carbons (Fsp3) is 0.125. The smallest absolute Gasteiger partial charge is 0.145 e. The molecule has 0 N–H and O–H groups in total. The fourth-order valence-corrected chi connectivity index (χ4v) is 0.978. The summed E-state index contributed by atoms with van der Waals surface area (Å²) in [5, 5.41) is 8.51. The molecule has 0 bridgehead atoms. The predicted octanol–water partition coefficient (Wildman–Crippen LogP) is 3.14. The molecule has 3 heteroatoms. The average molecular weight is 186 g/mol. The number of nitriles is 1. The van der Waals surface area contributed by atoms with E-state index < -0.39 is 5.38 Å². The fourth-order valence-electron chi connectivity index (χ4n) is 0.706. The minimum Gasteiger partial charge on any atom is -0.196 e. The summed E-state index contributed by atoms with van der Waals surface area (Å²) in [6.45, 7) is 0. The van der Waals surface area contributed by atoms with Crippen molar-refractivity contribution in [1.29, 1.82) is 5.26 Å². The zero-order chi connectivity index (χ0) is 8.27. The van der Waals surface area contributed by atoms with Crippen molar-refractivity contribution in [3.8, 4) is 6.07 Å². The van der Waals surface area contributed by atoms with Gasteiger partial charge in [-0.25, -0.2) is 0 Å². The van der Waals surface area contributed by atoms with Gasteiger partial charge in [-0.3, -0.25) is 0 Å². The maximum Gasteiger partial charge on any atom is 0.145 e. The molecule has 56 valence electrons. The van der Waals surface area contributed by atoms with Crippen LogP contribution in [0.3, 0.4) is 0 Å². The molecule has 0 aliphatic heterocycles. The van der Waals surface area contributed by atoms with Crippen LogP contribution in [0.5, 0.6) is 0 Å². The summed E-state index contributed by atoms with van der Waals surface area (Å²) < 4.78 is 0. The molecule has 1 aromatic carbocycles. The Morgan fingerprint density at radius 1 is 1.27 bits per heavy atom. The van der Waals surface area contributed by atoms with Crippen molar-refractivity contribution in [1.82, 2.24) is 0 Å². The zero-order valence-corrected chi connectivity index (χ0v) is 7.10. The van der Waals surface area contributed by atoms with Crippen molar-refractivity contribution in [3.63, 3.8) is 0 Å². The van der Waals surface area contributed by atoms with E-state index in [2.05, 4.69) is 0 Å². The number of halogens is 2.